The lowest BCUT2D eigenvalue weighted by Gasteiger charge is -2.36. The molecule has 5 nitrogen and oxygen atoms in total. The molecule has 0 bridgehead atoms. The molecule has 1 amide bonds. The number of halogens is 1. The zero-order chi connectivity index (χ0) is 16.5. The van der Waals surface area contributed by atoms with Gasteiger partial charge in [0.1, 0.15) is 0 Å². The minimum atomic E-state index is 0.00804. The molecule has 1 aliphatic heterocycles. The SMILES string of the molecule is O=C(Cc1cn2ccsc2n1)N1CCNCC1c1cccc(Cl)c1. The molecule has 1 aliphatic rings. The molecule has 1 fully saturated rings. The molecular weight excluding hydrogens is 344 g/mol. The third kappa shape index (κ3) is 3.05. The zero-order valence-electron chi connectivity index (χ0n) is 13.0. The summed E-state index contributed by atoms with van der Waals surface area (Å²) in [5.74, 6) is 0.104. The Morgan fingerprint density at radius 1 is 1.46 bits per heavy atom. The summed E-state index contributed by atoms with van der Waals surface area (Å²) in [4.78, 5) is 20.2. The molecular formula is C17H17ClN4OS. The molecule has 24 heavy (non-hydrogen) atoms. The predicted octanol–water partition coefficient (Wildman–Crippen LogP) is 2.76. The van der Waals surface area contributed by atoms with Crippen LogP contribution in [0, 0.1) is 0 Å². The number of carbonyl (C=O) groups excluding carboxylic acids is 1. The van der Waals surface area contributed by atoms with Crippen LogP contribution < -0.4 is 5.32 Å². The van der Waals surface area contributed by atoms with E-state index in [1.165, 1.54) is 0 Å². The quantitative estimate of drug-likeness (QED) is 0.781. The number of imidazole rings is 1. The van der Waals surface area contributed by atoms with Gasteiger partial charge in [0.15, 0.2) is 4.96 Å². The van der Waals surface area contributed by atoms with Crippen molar-refractivity contribution in [2.24, 2.45) is 0 Å². The van der Waals surface area contributed by atoms with Crippen molar-refractivity contribution in [2.45, 2.75) is 12.5 Å². The lowest BCUT2D eigenvalue weighted by molar-refractivity contribution is -0.133. The summed E-state index contributed by atoms with van der Waals surface area (Å²) in [6, 6.07) is 7.75. The van der Waals surface area contributed by atoms with Crippen LogP contribution in [-0.4, -0.2) is 39.8 Å². The summed E-state index contributed by atoms with van der Waals surface area (Å²) in [5.41, 5.74) is 1.88. The first kappa shape index (κ1) is 15.6. The van der Waals surface area contributed by atoms with E-state index >= 15 is 0 Å². The number of fused-ring (bicyclic) bond motifs is 1. The summed E-state index contributed by atoms with van der Waals surface area (Å²) in [5, 5.41) is 6.04. The van der Waals surface area contributed by atoms with E-state index in [0.29, 0.717) is 18.0 Å². The van der Waals surface area contributed by atoms with Crippen LogP contribution in [0.1, 0.15) is 17.3 Å². The average molecular weight is 361 g/mol. The first-order valence-electron chi connectivity index (χ1n) is 7.87. The number of thiazole rings is 1. The van der Waals surface area contributed by atoms with Crippen LogP contribution in [0.15, 0.2) is 42.0 Å². The second-order valence-electron chi connectivity index (χ2n) is 5.86. The van der Waals surface area contributed by atoms with Crippen molar-refractivity contribution >= 4 is 33.8 Å². The lowest BCUT2D eigenvalue weighted by Crippen LogP contribution is -2.49. The molecule has 1 N–H and O–H groups in total. The molecule has 7 heteroatoms. The molecule has 0 radical (unpaired) electrons. The Morgan fingerprint density at radius 2 is 2.38 bits per heavy atom. The number of rotatable bonds is 3. The van der Waals surface area contributed by atoms with E-state index in [-0.39, 0.29) is 11.9 Å². The van der Waals surface area contributed by atoms with Crippen LogP contribution >= 0.6 is 22.9 Å². The number of aromatic nitrogens is 2. The normalized spacial score (nSPS) is 18.2. The second kappa shape index (κ2) is 6.55. The number of carbonyl (C=O) groups is 1. The minimum Gasteiger partial charge on any atom is -0.333 e. The van der Waals surface area contributed by atoms with Crippen LogP contribution in [0.4, 0.5) is 0 Å². The van der Waals surface area contributed by atoms with Crippen molar-refractivity contribution in [3.63, 3.8) is 0 Å². The average Bonchev–Trinajstić information content (AvgIpc) is 3.16. The Labute approximate surface area is 148 Å². The van der Waals surface area contributed by atoms with Crippen LogP contribution in [0.5, 0.6) is 0 Å². The maximum atomic E-state index is 12.9. The zero-order valence-corrected chi connectivity index (χ0v) is 14.6. The number of benzene rings is 1. The van der Waals surface area contributed by atoms with E-state index in [1.54, 1.807) is 11.3 Å². The smallest absolute Gasteiger partial charge is 0.229 e. The van der Waals surface area contributed by atoms with E-state index in [4.69, 9.17) is 11.6 Å². The molecule has 1 aromatic carbocycles. The number of piperazine rings is 1. The van der Waals surface area contributed by atoms with Gasteiger partial charge < -0.3 is 10.2 Å². The van der Waals surface area contributed by atoms with Gasteiger partial charge in [0, 0.05) is 42.4 Å². The summed E-state index contributed by atoms with van der Waals surface area (Å²) in [6.45, 7) is 2.24. The van der Waals surface area contributed by atoms with Crippen molar-refractivity contribution in [2.75, 3.05) is 19.6 Å². The largest absolute Gasteiger partial charge is 0.333 e. The van der Waals surface area contributed by atoms with Gasteiger partial charge in [0.2, 0.25) is 5.91 Å². The Hall–Kier alpha value is -1.89. The van der Waals surface area contributed by atoms with Gasteiger partial charge in [-0.15, -0.1) is 11.3 Å². The standard InChI is InChI=1S/C17H17ClN4OS/c18-13-3-1-2-12(8-13)15-10-19-4-5-22(15)16(23)9-14-11-21-6-7-24-17(21)20-14/h1-3,6-8,11,15,19H,4-5,9-10H2. The summed E-state index contributed by atoms with van der Waals surface area (Å²) >= 11 is 7.69. The topological polar surface area (TPSA) is 49.6 Å². The van der Waals surface area contributed by atoms with Crippen molar-refractivity contribution < 1.29 is 4.79 Å². The maximum Gasteiger partial charge on any atom is 0.229 e. The number of nitrogens with zero attached hydrogens (tertiary/aromatic N) is 3. The van der Waals surface area contributed by atoms with Crippen molar-refractivity contribution in [1.82, 2.24) is 19.6 Å². The van der Waals surface area contributed by atoms with Crippen LogP contribution in [0.3, 0.4) is 0 Å². The van der Waals surface area contributed by atoms with Crippen LogP contribution in [0.2, 0.25) is 5.02 Å². The Balaban J connectivity index is 1.55. The molecule has 0 spiro atoms. The highest BCUT2D eigenvalue weighted by atomic mass is 35.5. The van der Waals surface area contributed by atoms with Crippen LogP contribution in [0.25, 0.3) is 4.96 Å². The van der Waals surface area contributed by atoms with E-state index in [0.717, 1.165) is 29.3 Å². The van der Waals surface area contributed by atoms with E-state index < -0.39 is 0 Å². The molecule has 0 aliphatic carbocycles. The number of hydrogen-bond donors (Lipinski definition) is 1. The van der Waals surface area contributed by atoms with Gasteiger partial charge in [0.05, 0.1) is 18.2 Å². The van der Waals surface area contributed by atoms with Gasteiger partial charge in [-0.25, -0.2) is 4.98 Å². The molecule has 0 saturated carbocycles. The lowest BCUT2D eigenvalue weighted by atomic mass is 10.0. The van der Waals surface area contributed by atoms with Crippen LogP contribution in [-0.2, 0) is 11.2 Å². The van der Waals surface area contributed by atoms with Gasteiger partial charge in [-0.3, -0.25) is 9.20 Å². The highest BCUT2D eigenvalue weighted by molar-refractivity contribution is 7.15. The Kier molecular flexibility index (Phi) is 4.26. The molecule has 1 saturated heterocycles. The molecule has 3 aromatic rings. The first-order chi connectivity index (χ1) is 11.7. The Bertz CT molecular complexity index is 846. The molecule has 124 valence electrons. The van der Waals surface area contributed by atoms with Gasteiger partial charge in [0.25, 0.3) is 0 Å². The third-order valence-electron chi connectivity index (χ3n) is 4.27. The molecule has 1 unspecified atom stereocenters. The Morgan fingerprint density at radius 3 is 3.21 bits per heavy atom. The van der Waals surface area contributed by atoms with Gasteiger partial charge in [-0.2, -0.15) is 0 Å². The fraction of sp³-hybridized carbons (Fsp3) is 0.294. The molecule has 4 rings (SSSR count). The third-order valence-corrected chi connectivity index (χ3v) is 5.28. The highest BCUT2D eigenvalue weighted by Gasteiger charge is 2.28. The van der Waals surface area contributed by atoms with E-state index in [2.05, 4.69) is 10.3 Å². The van der Waals surface area contributed by atoms with Crippen molar-refractivity contribution in [3.05, 3.63) is 58.3 Å². The maximum absolute atomic E-state index is 12.9. The van der Waals surface area contributed by atoms with Gasteiger partial charge >= 0.3 is 0 Å². The fourth-order valence-corrected chi connectivity index (χ4v) is 4.05. The molecule has 1 atom stereocenters. The fourth-order valence-electron chi connectivity index (χ4n) is 3.13. The second-order valence-corrected chi connectivity index (χ2v) is 7.17. The van der Waals surface area contributed by atoms with Gasteiger partial charge in [-0.05, 0) is 17.7 Å². The first-order valence-corrected chi connectivity index (χ1v) is 9.13. The predicted molar refractivity (Wildman–Crippen MR) is 95.5 cm³/mol. The molecule has 2 aromatic heterocycles. The minimum absolute atomic E-state index is 0.00804. The monoisotopic (exact) mass is 360 g/mol. The summed E-state index contributed by atoms with van der Waals surface area (Å²) in [7, 11) is 0. The number of nitrogens with one attached hydrogen (secondary N) is 1. The number of hydrogen-bond acceptors (Lipinski definition) is 4. The summed E-state index contributed by atoms with van der Waals surface area (Å²) in [6.07, 6.45) is 4.21. The van der Waals surface area contributed by atoms with E-state index in [1.807, 2.05) is 51.3 Å². The summed E-state index contributed by atoms with van der Waals surface area (Å²) < 4.78 is 1.96. The molecule has 3 heterocycles. The highest BCUT2D eigenvalue weighted by Crippen LogP contribution is 2.25. The van der Waals surface area contributed by atoms with Crippen molar-refractivity contribution in [3.8, 4) is 0 Å². The van der Waals surface area contributed by atoms with Gasteiger partial charge in [-0.1, -0.05) is 23.7 Å². The number of amides is 1. The van der Waals surface area contributed by atoms with E-state index in [9.17, 15) is 4.79 Å². The van der Waals surface area contributed by atoms with Crippen molar-refractivity contribution in [1.29, 1.82) is 0 Å².